The van der Waals surface area contributed by atoms with E-state index in [9.17, 15) is 23.1 Å². The van der Waals surface area contributed by atoms with Crippen LogP contribution in [0.1, 0.15) is 47.7 Å². The van der Waals surface area contributed by atoms with E-state index in [0.29, 0.717) is 9.61 Å². The second kappa shape index (κ2) is 8.71. The molecular formula is C23H24F3IN2O2. The lowest BCUT2D eigenvalue weighted by atomic mass is 9.80. The SMILES string of the molecule is CC1CCCC(C2(O)CN(C(=O)c3ccc(F)c(F)c3Cc3ccc(I)cc3F)C2)N1. The van der Waals surface area contributed by atoms with Crippen LogP contribution in [0, 0.1) is 21.0 Å². The highest BCUT2D eigenvalue weighted by atomic mass is 127. The highest BCUT2D eigenvalue weighted by molar-refractivity contribution is 14.1. The Hall–Kier alpha value is -1.65. The monoisotopic (exact) mass is 544 g/mol. The number of benzene rings is 2. The van der Waals surface area contributed by atoms with Gasteiger partial charge in [0.25, 0.3) is 5.91 Å². The largest absolute Gasteiger partial charge is 0.385 e. The molecule has 4 nitrogen and oxygen atoms in total. The zero-order chi connectivity index (χ0) is 22.3. The Bertz CT molecular complexity index is 1010. The van der Waals surface area contributed by atoms with Crippen molar-refractivity contribution in [3.05, 3.63) is 68.0 Å². The number of β-amino-alcohol motifs (C(OH)–C–C–N with tert-alkyl or cyclic N) is 1. The zero-order valence-corrected chi connectivity index (χ0v) is 19.3. The zero-order valence-electron chi connectivity index (χ0n) is 17.1. The van der Waals surface area contributed by atoms with Crippen molar-refractivity contribution in [3.8, 4) is 0 Å². The summed E-state index contributed by atoms with van der Waals surface area (Å²) in [4.78, 5) is 14.5. The summed E-state index contributed by atoms with van der Waals surface area (Å²) in [7, 11) is 0. The Balaban J connectivity index is 1.56. The maximum Gasteiger partial charge on any atom is 0.254 e. The summed E-state index contributed by atoms with van der Waals surface area (Å²) in [5.74, 6) is -3.27. The molecule has 2 fully saturated rings. The van der Waals surface area contributed by atoms with Crippen LogP contribution < -0.4 is 5.32 Å². The minimum atomic E-state index is -1.15. The number of piperidine rings is 1. The van der Waals surface area contributed by atoms with Gasteiger partial charge in [0.1, 0.15) is 11.4 Å². The molecule has 2 aromatic rings. The molecule has 2 N–H and O–H groups in total. The van der Waals surface area contributed by atoms with Crippen molar-refractivity contribution in [1.82, 2.24) is 10.2 Å². The molecule has 0 radical (unpaired) electrons. The Morgan fingerprint density at radius 2 is 1.94 bits per heavy atom. The molecule has 2 unspecified atom stereocenters. The van der Waals surface area contributed by atoms with Gasteiger partial charge in [0.05, 0.1) is 13.1 Å². The van der Waals surface area contributed by atoms with Crippen LogP contribution in [0.25, 0.3) is 0 Å². The number of nitrogens with one attached hydrogen (secondary N) is 1. The molecule has 0 bridgehead atoms. The lowest BCUT2D eigenvalue weighted by Crippen LogP contribution is -2.72. The van der Waals surface area contributed by atoms with Gasteiger partial charge in [0.2, 0.25) is 0 Å². The second-order valence-electron chi connectivity index (χ2n) is 8.62. The summed E-state index contributed by atoms with van der Waals surface area (Å²) in [6.45, 7) is 2.30. The summed E-state index contributed by atoms with van der Waals surface area (Å²) in [6, 6.07) is 6.83. The van der Waals surface area contributed by atoms with Gasteiger partial charge in [0, 0.05) is 33.2 Å². The van der Waals surface area contributed by atoms with Gasteiger partial charge in [-0.2, -0.15) is 0 Å². The van der Waals surface area contributed by atoms with Crippen LogP contribution in [0.3, 0.4) is 0 Å². The number of hydrogen-bond donors (Lipinski definition) is 2. The van der Waals surface area contributed by atoms with E-state index in [2.05, 4.69) is 12.2 Å². The summed E-state index contributed by atoms with van der Waals surface area (Å²) < 4.78 is 43.6. The molecule has 4 rings (SSSR count). The molecule has 2 aromatic carbocycles. The molecule has 0 aliphatic carbocycles. The molecule has 8 heteroatoms. The first-order valence-corrected chi connectivity index (χ1v) is 11.4. The number of halogens is 4. The lowest BCUT2D eigenvalue weighted by Gasteiger charge is -2.52. The maximum absolute atomic E-state index is 14.7. The number of carbonyl (C=O) groups excluding carboxylic acids is 1. The third-order valence-electron chi connectivity index (χ3n) is 6.29. The first kappa shape index (κ1) is 22.5. The van der Waals surface area contributed by atoms with Crippen molar-refractivity contribution in [3.63, 3.8) is 0 Å². The predicted molar refractivity (Wildman–Crippen MR) is 119 cm³/mol. The molecule has 0 aromatic heterocycles. The van der Waals surface area contributed by atoms with Crippen LogP contribution in [-0.4, -0.2) is 46.7 Å². The molecule has 2 atom stereocenters. The summed E-state index contributed by atoms with van der Waals surface area (Å²) >= 11 is 1.96. The fourth-order valence-electron chi connectivity index (χ4n) is 4.53. The molecule has 166 valence electrons. The summed E-state index contributed by atoms with van der Waals surface area (Å²) in [6.07, 6.45) is 2.63. The van der Waals surface area contributed by atoms with Gasteiger partial charge in [-0.15, -0.1) is 0 Å². The van der Waals surface area contributed by atoms with Crippen LogP contribution in [0.2, 0.25) is 0 Å². The molecule has 2 aliphatic rings. The van der Waals surface area contributed by atoms with Gasteiger partial charge in [-0.3, -0.25) is 4.79 Å². The van der Waals surface area contributed by atoms with Gasteiger partial charge in [-0.1, -0.05) is 12.5 Å². The molecule has 31 heavy (non-hydrogen) atoms. The molecule has 0 saturated carbocycles. The molecule has 0 spiro atoms. The summed E-state index contributed by atoms with van der Waals surface area (Å²) in [5.41, 5.74) is -1.04. The van der Waals surface area contributed by atoms with E-state index >= 15 is 0 Å². The van der Waals surface area contributed by atoms with E-state index in [0.717, 1.165) is 25.3 Å². The Labute approximate surface area is 193 Å². The summed E-state index contributed by atoms with van der Waals surface area (Å²) in [5, 5.41) is 14.3. The standard InChI is InChI=1S/C23H24F3IN2O2/c1-13-3-2-4-20(28-13)23(31)11-29(12-23)22(30)16-7-8-18(24)21(26)17(16)9-14-5-6-15(27)10-19(14)25/h5-8,10,13,20,28,31H,2-4,9,11-12H2,1H3. The van der Waals surface area contributed by atoms with Crippen molar-refractivity contribution < 1.29 is 23.1 Å². The third-order valence-corrected chi connectivity index (χ3v) is 6.96. The van der Waals surface area contributed by atoms with Crippen LogP contribution in [0.4, 0.5) is 13.2 Å². The number of nitrogens with zero attached hydrogens (tertiary/aromatic N) is 1. The average Bonchev–Trinajstić information content (AvgIpc) is 2.70. The van der Waals surface area contributed by atoms with E-state index in [1.807, 2.05) is 22.6 Å². The molecular weight excluding hydrogens is 520 g/mol. The van der Waals surface area contributed by atoms with Crippen molar-refractivity contribution in [2.45, 2.75) is 50.3 Å². The first-order valence-electron chi connectivity index (χ1n) is 10.4. The number of hydrogen-bond acceptors (Lipinski definition) is 3. The van der Waals surface area contributed by atoms with Crippen LogP contribution in [0.5, 0.6) is 0 Å². The normalized spacial score (nSPS) is 22.8. The number of carbonyl (C=O) groups is 1. The number of aliphatic hydroxyl groups is 1. The van der Waals surface area contributed by atoms with Crippen molar-refractivity contribution in [1.29, 1.82) is 0 Å². The highest BCUT2D eigenvalue weighted by Crippen LogP contribution is 2.32. The number of likely N-dealkylation sites (tertiary alicyclic amines) is 1. The molecule has 2 aliphatic heterocycles. The fraction of sp³-hybridized carbons (Fsp3) is 0.435. The predicted octanol–water partition coefficient (Wildman–Crippen LogP) is 4.02. The van der Waals surface area contributed by atoms with Crippen molar-refractivity contribution >= 4 is 28.5 Å². The van der Waals surface area contributed by atoms with Crippen LogP contribution in [-0.2, 0) is 6.42 Å². The van der Waals surface area contributed by atoms with E-state index in [4.69, 9.17) is 0 Å². The van der Waals surface area contributed by atoms with Gasteiger partial charge >= 0.3 is 0 Å². The minimum absolute atomic E-state index is 0.0103. The van der Waals surface area contributed by atoms with E-state index < -0.39 is 29.0 Å². The van der Waals surface area contributed by atoms with Crippen molar-refractivity contribution in [2.75, 3.05) is 13.1 Å². The Kier molecular flexibility index (Phi) is 6.33. The van der Waals surface area contributed by atoms with Crippen molar-refractivity contribution in [2.24, 2.45) is 0 Å². The number of amides is 1. The quantitative estimate of drug-likeness (QED) is 0.573. The van der Waals surface area contributed by atoms with E-state index in [1.54, 1.807) is 6.07 Å². The maximum atomic E-state index is 14.7. The second-order valence-corrected chi connectivity index (χ2v) is 9.86. The highest BCUT2D eigenvalue weighted by Gasteiger charge is 2.50. The fourth-order valence-corrected chi connectivity index (χ4v) is 4.99. The minimum Gasteiger partial charge on any atom is -0.385 e. The van der Waals surface area contributed by atoms with Gasteiger partial charge < -0.3 is 15.3 Å². The van der Waals surface area contributed by atoms with E-state index in [-0.39, 0.29) is 42.2 Å². The van der Waals surface area contributed by atoms with Gasteiger partial charge in [-0.05, 0) is 72.2 Å². The molecule has 2 saturated heterocycles. The molecule has 2 heterocycles. The van der Waals surface area contributed by atoms with Gasteiger partial charge in [0.15, 0.2) is 11.6 Å². The Morgan fingerprint density at radius 1 is 1.19 bits per heavy atom. The topological polar surface area (TPSA) is 52.6 Å². The average molecular weight is 544 g/mol. The van der Waals surface area contributed by atoms with Crippen LogP contribution in [0.15, 0.2) is 30.3 Å². The first-order chi connectivity index (χ1) is 14.7. The van der Waals surface area contributed by atoms with Crippen LogP contribution >= 0.6 is 22.6 Å². The smallest absolute Gasteiger partial charge is 0.254 e. The molecule has 1 amide bonds. The number of rotatable bonds is 4. The Morgan fingerprint density at radius 3 is 2.61 bits per heavy atom. The third kappa shape index (κ3) is 4.47. The van der Waals surface area contributed by atoms with E-state index in [1.165, 1.54) is 23.1 Å². The van der Waals surface area contributed by atoms with Gasteiger partial charge in [-0.25, -0.2) is 13.2 Å². The lowest BCUT2D eigenvalue weighted by molar-refractivity contribution is -0.111.